The monoisotopic (exact) mass is 231 g/mol. The molecule has 1 aromatic heterocycles. The number of rotatable bonds is 5. The molecule has 1 aromatic carbocycles. The average Bonchev–Trinajstić information content (AvgIpc) is 2.74. The molecule has 1 atom stereocenters. The molecule has 0 saturated carbocycles. The molecule has 0 fully saturated rings. The number of ketones is 1. The third-order valence-corrected chi connectivity index (χ3v) is 3.02. The average molecular weight is 231 g/mol. The van der Waals surface area contributed by atoms with Crippen molar-refractivity contribution in [2.24, 2.45) is 0 Å². The summed E-state index contributed by atoms with van der Waals surface area (Å²) < 4.78 is 5.51. The lowest BCUT2D eigenvalue weighted by Crippen LogP contribution is -2.16. The van der Waals surface area contributed by atoms with Crippen LogP contribution in [0.2, 0.25) is 0 Å². The quantitative estimate of drug-likeness (QED) is 0.860. The van der Waals surface area contributed by atoms with Gasteiger partial charge in [-0.1, -0.05) is 18.2 Å². The second kappa shape index (κ2) is 5.15. The maximum atomic E-state index is 11.0. The molecule has 2 rings (SSSR count). The highest BCUT2D eigenvalue weighted by atomic mass is 16.3. The summed E-state index contributed by atoms with van der Waals surface area (Å²) in [5.74, 6) is 0.220. The van der Waals surface area contributed by atoms with Crippen molar-refractivity contribution in [3.8, 4) is 0 Å². The molecule has 0 bridgehead atoms. The van der Waals surface area contributed by atoms with Gasteiger partial charge in [-0.2, -0.15) is 0 Å². The zero-order valence-electron chi connectivity index (χ0n) is 10.2. The zero-order chi connectivity index (χ0) is 12.3. The molecule has 0 spiro atoms. The van der Waals surface area contributed by atoms with Crippen molar-refractivity contribution < 1.29 is 9.21 Å². The van der Waals surface area contributed by atoms with E-state index in [4.69, 9.17) is 4.42 Å². The molecule has 90 valence electrons. The molecule has 0 aliphatic rings. The third-order valence-electron chi connectivity index (χ3n) is 3.02. The van der Waals surface area contributed by atoms with Crippen LogP contribution in [0.25, 0.3) is 11.0 Å². The number of Topliss-reactive ketones (excluding diaryl/α,β-unsaturated/α-hetero) is 1. The Balaban J connectivity index is 2.27. The molecule has 0 radical (unpaired) electrons. The molecule has 2 aromatic rings. The summed E-state index contributed by atoms with van der Waals surface area (Å²) in [5, 5.41) is 4.36. The molecule has 3 nitrogen and oxygen atoms in total. The minimum atomic E-state index is 0.169. The highest BCUT2D eigenvalue weighted by Crippen LogP contribution is 2.28. The number of carbonyl (C=O) groups is 1. The smallest absolute Gasteiger partial charge is 0.134 e. The van der Waals surface area contributed by atoms with E-state index in [2.05, 4.69) is 5.32 Å². The van der Waals surface area contributed by atoms with Crippen LogP contribution >= 0.6 is 0 Å². The molecule has 1 N–H and O–H groups in total. The van der Waals surface area contributed by atoms with Gasteiger partial charge in [0.2, 0.25) is 0 Å². The van der Waals surface area contributed by atoms with Gasteiger partial charge in [0.1, 0.15) is 11.4 Å². The number of carbonyl (C=O) groups excluding carboxylic acids is 1. The molecule has 0 amide bonds. The van der Waals surface area contributed by atoms with Gasteiger partial charge in [0.25, 0.3) is 0 Å². The standard InChI is InChI=1S/C14H17NO2/c1-10(16)7-8-13(15-2)12-9-17-14-6-4-3-5-11(12)14/h3-6,9,13,15H,7-8H2,1-2H3. The first-order valence-corrected chi connectivity index (χ1v) is 5.85. The van der Waals surface area contributed by atoms with Gasteiger partial charge in [-0.05, 0) is 26.5 Å². The predicted molar refractivity (Wildman–Crippen MR) is 67.9 cm³/mol. The maximum Gasteiger partial charge on any atom is 0.134 e. The van der Waals surface area contributed by atoms with Gasteiger partial charge in [-0.25, -0.2) is 0 Å². The highest BCUT2D eigenvalue weighted by molar-refractivity contribution is 5.81. The number of hydrogen-bond acceptors (Lipinski definition) is 3. The van der Waals surface area contributed by atoms with Gasteiger partial charge >= 0.3 is 0 Å². The molecule has 0 aliphatic carbocycles. The van der Waals surface area contributed by atoms with Gasteiger partial charge in [-0.3, -0.25) is 0 Å². The lowest BCUT2D eigenvalue weighted by atomic mass is 10.0. The first-order valence-electron chi connectivity index (χ1n) is 5.85. The van der Waals surface area contributed by atoms with Crippen molar-refractivity contribution in [1.29, 1.82) is 0 Å². The van der Waals surface area contributed by atoms with Crippen LogP contribution in [0.4, 0.5) is 0 Å². The summed E-state index contributed by atoms with van der Waals surface area (Å²) >= 11 is 0. The number of fused-ring (bicyclic) bond motifs is 1. The topological polar surface area (TPSA) is 42.2 Å². The van der Waals surface area contributed by atoms with Gasteiger partial charge in [0.05, 0.1) is 6.26 Å². The molecule has 1 unspecified atom stereocenters. The summed E-state index contributed by atoms with van der Waals surface area (Å²) in [7, 11) is 1.91. The normalized spacial score (nSPS) is 12.8. The molecule has 17 heavy (non-hydrogen) atoms. The Bertz CT molecular complexity index is 516. The number of furan rings is 1. The van der Waals surface area contributed by atoms with Gasteiger partial charge in [0.15, 0.2) is 0 Å². The largest absolute Gasteiger partial charge is 0.464 e. The predicted octanol–water partition coefficient (Wildman–Crippen LogP) is 3.06. The van der Waals surface area contributed by atoms with E-state index in [1.165, 1.54) is 0 Å². The van der Waals surface area contributed by atoms with Crippen LogP contribution in [-0.2, 0) is 4.79 Å². The van der Waals surface area contributed by atoms with Crippen molar-refractivity contribution in [3.63, 3.8) is 0 Å². The fourth-order valence-corrected chi connectivity index (χ4v) is 2.07. The molecular formula is C14H17NO2. The van der Waals surface area contributed by atoms with E-state index in [0.29, 0.717) is 6.42 Å². The van der Waals surface area contributed by atoms with Crippen LogP contribution in [0.1, 0.15) is 31.4 Å². The van der Waals surface area contributed by atoms with Crippen molar-refractivity contribution >= 4 is 16.8 Å². The van der Waals surface area contributed by atoms with Crippen LogP contribution < -0.4 is 5.32 Å². The zero-order valence-corrected chi connectivity index (χ0v) is 10.2. The van der Waals surface area contributed by atoms with Crippen LogP contribution in [0.5, 0.6) is 0 Å². The summed E-state index contributed by atoms with van der Waals surface area (Å²) in [5.41, 5.74) is 2.02. The summed E-state index contributed by atoms with van der Waals surface area (Å²) in [6.07, 6.45) is 3.17. The van der Waals surface area contributed by atoms with E-state index in [9.17, 15) is 4.79 Å². The number of nitrogens with one attached hydrogen (secondary N) is 1. The highest BCUT2D eigenvalue weighted by Gasteiger charge is 2.15. The molecule has 0 aliphatic heterocycles. The van der Waals surface area contributed by atoms with E-state index < -0.39 is 0 Å². The Labute approximate surface area is 101 Å². The number of hydrogen-bond donors (Lipinski definition) is 1. The Morgan fingerprint density at radius 1 is 1.41 bits per heavy atom. The minimum absolute atomic E-state index is 0.169. The number of para-hydroxylation sites is 1. The SMILES string of the molecule is CNC(CCC(C)=O)c1coc2ccccc12. The van der Waals surface area contributed by atoms with E-state index in [1.54, 1.807) is 13.2 Å². The lowest BCUT2D eigenvalue weighted by Gasteiger charge is -2.13. The lowest BCUT2D eigenvalue weighted by molar-refractivity contribution is -0.117. The second-order valence-corrected chi connectivity index (χ2v) is 4.27. The van der Waals surface area contributed by atoms with Crippen LogP contribution in [-0.4, -0.2) is 12.8 Å². The Kier molecular flexibility index (Phi) is 3.59. The Hall–Kier alpha value is -1.61. The first kappa shape index (κ1) is 11.9. The second-order valence-electron chi connectivity index (χ2n) is 4.27. The van der Waals surface area contributed by atoms with Gasteiger partial charge in [0, 0.05) is 23.4 Å². The van der Waals surface area contributed by atoms with E-state index in [-0.39, 0.29) is 11.8 Å². The van der Waals surface area contributed by atoms with Crippen LogP contribution in [0.15, 0.2) is 34.9 Å². The summed E-state index contributed by atoms with van der Waals surface area (Å²) in [6.45, 7) is 1.63. The molecular weight excluding hydrogens is 214 g/mol. The van der Waals surface area contributed by atoms with E-state index in [1.807, 2.05) is 31.3 Å². The molecule has 1 heterocycles. The van der Waals surface area contributed by atoms with Crippen LogP contribution in [0, 0.1) is 0 Å². The van der Waals surface area contributed by atoms with Crippen molar-refractivity contribution in [1.82, 2.24) is 5.32 Å². The Morgan fingerprint density at radius 2 is 2.18 bits per heavy atom. The Morgan fingerprint density at radius 3 is 2.88 bits per heavy atom. The van der Waals surface area contributed by atoms with E-state index in [0.717, 1.165) is 23.0 Å². The maximum absolute atomic E-state index is 11.0. The van der Waals surface area contributed by atoms with Crippen molar-refractivity contribution in [2.75, 3.05) is 7.05 Å². The number of benzene rings is 1. The summed E-state index contributed by atoms with van der Waals surface area (Å²) in [6, 6.07) is 8.13. The van der Waals surface area contributed by atoms with Gasteiger partial charge in [-0.15, -0.1) is 0 Å². The minimum Gasteiger partial charge on any atom is -0.464 e. The fraction of sp³-hybridized carbons (Fsp3) is 0.357. The van der Waals surface area contributed by atoms with E-state index >= 15 is 0 Å². The molecule has 0 saturated heterocycles. The summed E-state index contributed by atoms with van der Waals surface area (Å²) in [4.78, 5) is 11.0. The third kappa shape index (κ3) is 2.56. The molecule has 3 heteroatoms. The van der Waals surface area contributed by atoms with Gasteiger partial charge < -0.3 is 14.5 Å². The van der Waals surface area contributed by atoms with Crippen molar-refractivity contribution in [3.05, 3.63) is 36.1 Å². The van der Waals surface area contributed by atoms with Crippen LogP contribution in [0.3, 0.4) is 0 Å². The first-order chi connectivity index (χ1) is 8.22. The fourth-order valence-electron chi connectivity index (χ4n) is 2.07. The van der Waals surface area contributed by atoms with Crippen molar-refractivity contribution in [2.45, 2.75) is 25.8 Å².